The van der Waals surface area contributed by atoms with Crippen LogP contribution in [-0.2, 0) is 21.2 Å². The van der Waals surface area contributed by atoms with Crippen molar-refractivity contribution in [3.63, 3.8) is 0 Å². The lowest BCUT2D eigenvalue weighted by Crippen LogP contribution is -2.43. The number of hydrogen-bond donors (Lipinski definition) is 1. The van der Waals surface area contributed by atoms with Gasteiger partial charge in [0.2, 0.25) is 15.9 Å². The van der Waals surface area contributed by atoms with Crippen LogP contribution >= 0.6 is 0 Å². The van der Waals surface area contributed by atoms with E-state index >= 15 is 0 Å². The highest BCUT2D eigenvalue weighted by molar-refractivity contribution is 7.89. The molecule has 0 spiro atoms. The van der Waals surface area contributed by atoms with E-state index in [4.69, 9.17) is 9.47 Å². The van der Waals surface area contributed by atoms with Gasteiger partial charge in [-0.05, 0) is 69.0 Å². The molecule has 1 saturated heterocycles. The van der Waals surface area contributed by atoms with Gasteiger partial charge in [0, 0.05) is 25.6 Å². The van der Waals surface area contributed by atoms with Crippen molar-refractivity contribution in [3.05, 3.63) is 53.6 Å². The van der Waals surface area contributed by atoms with Crippen molar-refractivity contribution in [2.45, 2.75) is 38.0 Å². The molecule has 1 aliphatic heterocycles. The van der Waals surface area contributed by atoms with Crippen LogP contribution in [0.1, 0.15) is 32.3 Å². The average Bonchev–Trinajstić information content (AvgIpc) is 2.82. The summed E-state index contributed by atoms with van der Waals surface area (Å²) in [6.45, 7) is 5.39. The van der Waals surface area contributed by atoms with Crippen molar-refractivity contribution in [1.29, 1.82) is 0 Å². The summed E-state index contributed by atoms with van der Waals surface area (Å²) in [6.07, 6.45) is 1.21. The second-order valence-electron chi connectivity index (χ2n) is 7.94. The lowest BCUT2D eigenvalue weighted by molar-refractivity contribution is -0.126. The van der Waals surface area contributed by atoms with Gasteiger partial charge < -0.3 is 14.8 Å². The van der Waals surface area contributed by atoms with E-state index in [1.165, 1.54) is 0 Å². The fourth-order valence-electron chi connectivity index (χ4n) is 3.90. The summed E-state index contributed by atoms with van der Waals surface area (Å²) in [5.41, 5.74) is 0.991. The first-order valence-electron chi connectivity index (χ1n) is 11.4. The summed E-state index contributed by atoms with van der Waals surface area (Å²) >= 11 is 0. The smallest absolute Gasteiger partial charge is 0.246 e. The summed E-state index contributed by atoms with van der Waals surface area (Å²) in [6, 6.07) is 8.02. The topological polar surface area (TPSA) is 84.9 Å². The number of rotatable bonds is 10. The molecule has 2 aromatic carbocycles. The number of halogens is 2. The zero-order chi connectivity index (χ0) is 24.7. The van der Waals surface area contributed by atoms with Crippen LogP contribution in [0.2, 0.25) is 0 Å². The van der Waals surface area contributed by atoms with Crippen molar-refractivity contribution < 1.29 is 31.5 Å². The molecule has 1 fully saturated rings. The Bertz CT molecular complexity index is 1100. The number of ether oxygens (including phenoxy) is 2. The van der Waals surface area contributed by atoms with Gasteiger partial charge in [0.05, 0.1) is 13.2 Å². The Balaban J connectivity index is 1.51. The summed E-state index contributed by atoms with van der Waals surface area (Å²) in [4.78, 5) is 11.9. The van der Waals surface area contributed by atoms with Gasteiger partial charge in [0.15, 0.2) is 11.5 Å². The molecule has 1 heterocycles. The number of nitrogens with one attached hydrogen (secondary N) is 1. The first kappa shape index (κ1) is 25.9. The predicted molar refractivity (Wildman–Crippen MR) is 123 cm³/mol. The SMILES string of the molecule is CCOc1ccc(CCNC(=O)C2CCN(S(=O)(=O)c3cc(F)ccc3F)CC2)cc1OCC. The molecule has 2 aromatic rings. The molecule has 1 N–H and O–H groups in total. The molecule has 0 unspecified atom stereocenters. The van der Waals surface area contributed by atoms with Gasteiger partial charge in [-0.2, -0.15) is 4.31 Å². The number of carbonyl (C=O) groups excluding carboxylic acids is 1. The fraction of sp³-hybridized carbons (Fsp3) is 0.458. The fourth-order valence-corrected chi connectivity index (χ4v) is 5.44. The van der Waals surface area contributed by atoms with E-state index in [0.29, 0.717) is 56.6 Å². The highest BCUT2D eigenvalue weighted by Gasteiger charge is 2.33. The molecule has 0 bridgehead atoms. The number of hydrogen-bond acceptors (Lipinski definition) is 5. The van der Waals surface area contributed by atoms with Gasteiger partial charge in [-0.3, -0.25) is 4.79 Å². The van der Waals surface area contributed by atoms with Crippen molar-refractivity contribution in [2.24, 2.45) is 5.92 Å². The molecule has 1 aliphatic rings. The van der Waals surface area contributed by atoms with Crippen LogP contribution in [0.15, 0.2) is 41.3 Å². The summed E-state index contributed by atoms with van der Waals surface area (Å²) in [7, 11) is -4.17. The lowest BCUT2D eigenvalue weighted by atomic mass is 9.97. The Kier molecular flexibility index (Phi) is 8.84. The number of carbonyl (C=O) groups is 1. The number of nitrogens with zero attached hydrogens (tertiary/aromatic N) is 1. The molecule has 3 rings (SSSR count). The highest BCUT2D eigenvalue weighted by atomic mass is 32.2. The van der Waals surface area contributed by atoms with Crippen LogP contribution < -0.4 is 14.8 Å². The van der Waals surface area contributed by atoms with Gasteiger partial charge in [0.1, 0.15) is 16.5 Å². The highest BCUT2D eigenvalue weighted by Crippen LogP contribution is 2.29. The van der Waals surface area contributed by atoms with Crippen LogP contribution in [0.4, 0.5) is 8.78 Å². The molecule has 1 amide bonds. The molecule has 186 valence electrons. The van der Waals surface area contributed by atoms with Crippen LogP contribution in [0.5, 0.6) is 11.5 Å². The molecular formula is C24H30F2N2O5S. The largest absolute Gasteiger partial charge is 0.490 e. The monoisotopic (exact) mass is 496 g/mol. The zero-order valence-electron chi connectivity index (χ0n) is 19.4. The van der Waals surface area contributed by atoms with Crippen LogP contribution in [0.25, 0.3) is 0 Å². The van der Waals surface area contributed by atoms with E-state index in [1.807, 2.05) is 32.0 Å². The Morgan fingerprint density at radius 2 is 1.71 bits per heavy atom. The van der Waals surface area contributed by atoms with E-state index in [2.05, 4.69) is 5.32 Å². The Labute approximate surface area is 199 Å². The third-order valence-corrected chi connectivity index (χ3v) is 7.57. The first-order valence-corrected chi connectivity index (χ1v) is 12.8. The second kappa shape index (κ2) is 11.6. The molecular weight excluding hydrogens is 466 g/mol. The number of sulfonamides is 1. The van der Waals surface area contributed by atoms with E-state index in [0.717, 1.165) is 22.0 Å². The summed E-state index contributed by atoms with van der Waals surface area (Å²) < 4.78 is 65.1. The standard InChI is InChI=1S/C24H30F2N2O5S/c1-3-32-21-8-5-17(15-22(21)33-4-2)9-12-27-24(29)18-10-13-28(14-11-18)34(30,31)23-16-19(25)6-7-20(23)26/h5-8,15-16,18H,3-4,9-14H2,1-2H3,(H,27,29). The Morgan fingerprint density at radius 3 is 2.38 bits per heavy atom. The van der Waals surface area contributed by atoms with E-state index in [9.17, 15) is 22.0 Å². The van der Waals surface area contributed by atoms with Crippen molar-refractivity contribution >= 4 is 15.9 Å². The molecule has 0 aliphatic carbocycles. The second-order valence-corrected chi connectivity index (χ2v) is 9.85. The third kappa shape index (κ3) is 6.24. The Hall–Kier alpha value is -2.72. The lowest BCUT2D eigenvalue weighted by Gasteiger charge is -2.30. The van der Waals surface area contributed by atoms with Crippen LogP contribution in [-0.4, -0.2) is 51.5 Å². The van der Waals surface area contributed by atoms with Gasteiger partial charge in [-0.1, -0.05) is 6.07 Å². The van der Waals surface area contributed by atoms with Crippen LogP contribution in [0.3, 0.4) is 0 Å². The molecule has 0 saturated carbocycles. The van der Waals surface area contributed by atoms with Crippen LogP contribution in [0, 0.1) is 17.6 Å². The third-order valence-electron chi connectivity index (χ3n) is 5.66. The van der Waals surface area contributed by atoms with Crippen molar-refractivity contribution in [1.82, 2.24) is 9.62 Å². The predicted octanol–water partition coefficient (Wildman–Crippen LogP) is 3.52. The quantitative estimate of drug-likeness (QED) is 0.544. The minimum Gasteiger partial charge on any atom is -0.490 e. The minimum absolute atomic E-state index is 0.0625. The summed E-state index contributed by atoms with van der Waals surface area (Å²) in [5.74, 6) is -0.972. The maximum absolute atomic E-state index is 14.0. The zero-order valence-corrected chi connectivity index (χ0v) is 20.2. The van der Waals surface area contributed by atoms with Gasteiger partial charge in [-0.15, -0.1) is 0 Å². The maximum Gasteiger partial charge on any atom is 0.246 e. The molecule has 34 heavy (non-hydrogen) atoms. The molecule has 0 atom stereocenters. The first-order chi connectivity index (χ1) is 16.3. The minimum atomic E-state index is -4.17. The van der Waals surface area contributed by atoms with Gasteiger partial charge >= 0.3 is 0 Å². The van der Waals surface area contributed by atoms with E-state index < -0.39 is 26.6 Å². The Morgan fingerprint density at radius 1 is 1.03 bits per heavy atom. The van der Waals surface area contributed by atoms with Gasteiger partial charge in [-0.25, -0.2) is 17.2 Å². The average molecular weight is 497 g/mol. The molecule has 0 radical (unpaired) electrons. The maximum atomic E-state index is 14.0. The molecule has 0 aromatic heterocycles. The molecule has 7 nitrogen and oxygen atoms in total. The normalized spacial score (nSPS) is 15.2. The van der Waals surface area contributed by atoms with E-state index in [1.54, 1.807) is 0 Å². The number of amides is 1. The van der Waals surface area contributed by atoms with Crippen molar-refractivity contribution in [3.8, 4) is 11.5 Å². The number of benzene rings is 2. The summed E-state index contributed by atoms with van der Waals surface area (Å²) in [5, 5.41) is 2.91. The van der Waals surface area contributed by atoms with E-state index in [-0.39, 0.29) is 24.9 Å². The van der Waals surface area contributed by atoms with Crippen molar-refractivity contribution in [2.75, 3.05) is 32.8 Å². The molecule has 10 heteroatoms. The number of piperidine rings is 1. The van der Waals surface area contributed by atoms with Gasteiger partial charge in [0.25, 0.3) is 0 Å².